The fraction of sp³-hybridized carbons (Fsp3) is 0.625. The summed E-state index contributed by atoms with van der Waals surface area (Å²) in [5.74, 6) is -1.69. The van der Waals surface area contributed by atoms with E-state index in [1.807, 2.05) is 13.8 Å². The van der Waals surface area contributed by atoms with E-state index in [1.54, 1.807) is 13.0 Å². The van der Waals surface area contributed by atoms with Gasteiger partial charge in [0, 0.05) is 4.91 Å². The molecule has 0 aromatic rings. The molecule has 0 saturated heterocycles. The Morgan fingerprint density at radius 1 is 1.52 bits per heavy atom. The molecule has 0 radical (unpaired) electrons. The number of carboxylic acids is 1. The molecule has 0 aromatic carbocycles. The summed E-state index contributed by atoms with van der Waals surface area (Å²) >= 11 is 0. The maximum atomic E-state index is 11.9. The van der Waals surface area contributed by atoms with Crippen LogP contribution < -0.4 is 61.8 Å². The van der Waals surface area contributed by atoms with Crippen molar-refractivity contribution in [2.24, 2.45) is 5.11 Å². The first kappa shape index (κ1) is 24.3. The third kappa shape index (κ3) is 7.61. The molecule has 0 heterocycles. The van der Waals surface area contributed by atoms with Crippen molar-refractivity contribution < 1.29 is 70.8 Å². The number of amides is 1. The Kier molecular flexibility index (Phi) is 12.3. The average molecular weight is 374 g/mol. The van der Waals surface area contributed by atoms with Crippen molar-refractivity contribution >= 4 is 11.9 Å². The van der Waals surface area contributed by atoms with Crippen molar-refractivity contribution in [3.8, 4) is 0 Å². The zero-order valence-electron chi connectivity index (χ0n) is 15.1. The van der Waals surface area contributed by atoms with E-state index in [1.165, 1.54) is 12.2 Å². The largest absolute Gasteiger partial charge is 1.00 e. The number of azide groups is 1. The molecule has 3 atom stereocenters. The van der Waals surface area contributed by atoms with Gasteiger partial charge in [0.1, 0.15) is 0 Å². The van der Waals surface area contributed by atoms with Crippen LogP contribution in [-0.2, 0) is 14.3 Å². The van der Waals surface area contributed by atoms with Crippen molar-refractivity contribution in [1.82, 2.24) is 5.32 Å². The average Bonchev–Trinajstić information content (AvgIpc) is 2.55. The van der Waals surface area contributed by atoms with Crippen LogP contribution >= 0.6 is 0 Å². The van der Waals surface area contributed by atoms with E-state index in [0.717, 1.165) is 12.8 Å². The standard InChI is InChI=1S/C16H24N4O4.K/c1-4-7-14(21)18-15-12(19-20-17)8-10(16(22)23)9-13(15)24-11(5-2)6-3;/h4,7,9,11-13,15H,5-6,8H2,1-3H3,(H,18,21)(H,22,23);/q;+1/p-1/b7-4+;/t12-,13+,15+;/m0./s1. The van der Waals surface area contributed by atoms with Gasteiger partial charge in [-0.2, -0.15) is 0 Å². The molecular weight excluding hydrogens is 351 g/mol. The first-order chi connectivity index (χ1) is 11.5. The Morgan fingerprint density at radius 2 is 2.16 bits per heavy atom. The van der Waals surface area contributed by atoms with Crippen molar-refractivity contribution in [3.05, 3.63) is 34.2 Å². The Bertz CT molecular complexity index is 568. The second-order valence-corrected chi connectivity index (χ2v) is 5.53. The predicted octanol–water partition coefficient (Wildman–Crippen LogP) is -1.62. The number of allylic oxidation sites excluding steroid dienone is 1. The quantitative estimate of drug-likeness (QED) is 0.180. The minimum Gasteiger partial charge on any atom is -0.545 e. The van der Waals surface area contributed by atoms with Crippen molar-refractivity contribution in [1.29, 1.82) is 0 Å². The van der Waals surface area contributed by atoms with Crippen LogP contribution in [0, 0.1) is 0 Å². The smallest absolute Gasteiger partial charge is 0.545 e. The Balaban J connectivity index is 0.00000576. The molecule has 132 valence electrons. The van der Waals surface area contributed by atoms with Gasteiger partial charge in [-0.05, 0) is 49.4 Å². The van der Waals surface area contributed by atoms with Crippen LogP contribution in [0.5, 0.6) is 0 Å². The van der Waals surface area contributed by atoms with Gasteiger partial charge >= 0.3 is 51.4 Å². The number of carbonyl (C=O) groups is 2. The Hall–Kier alpha value is -0.674. The minimum absolute atomic E-state index is 0. The number of rotatable bonds is 8. The third-order valence-electron chi connectivity index (χ3n) is 3.91. The summed E-state index contributed by atoms with van der Waals surface area (Å²) in [5.41, 5.74) is 8.78. The van der Waals surface area contributed by atoms with Crippen molar-refractivity contribution in [2.45, 2.75) is 64.3 Å². The monoisotopic (exact) mass is 374 g/mol. The van der Waals surface area contributed by atoms with Gasteiger partial charge in [-0.25, -0.2) is 0 Å². The van der Waals surface area contributed by atoms with Crippen molar-refractivity contribution in [3.63, 3.8) is 0 Å². The minimum atomic E-state index is -1.33. The fourth-order valence-corrected chi connectivity index (χ4v) is 2.64. The van der Waals surface area contributed by atoms with Gasteiger partial charge in [0.25, 0.3) is 0 Å². The van der Waals surface area contributed by atoms with E-state index in [9.17, 15) is 14.7 Å². The number of aliphatic carboxylic acids is 1. The number of ether oxygens (including phenoxy) is 1. The first-order valence-corrected chi connectivity index (χ1v) is 8.01. The molecule has 1 aliphatic rings. The van der Waals surface area contributed by atoms with Crippen LogP contribution in [0.15, 0.2) is 28.9 Å². The number of carbonyl (C=O) groups excluding carboxylic acids is 2. The van der Waals surface area contributed by atoms with Gasteiger partial charge in [-0.1, -0.05) is 25.0 Å². The summed E-state index contributed by atoms with van der Waals surface area (Å²) in [6, 6.07) is -1.41. The van der Waals surface area contributed by atoms with Gasteiger partial charge in [0.2, 0.25) is 5.91 Å². The summed E-state index contributed by atoms with van der Waals surface area (Å²) in [4.78, 5) is 25.9. The molecule has 8 nitrogen and oxygen atoms in total. The van der Waals surface area contributed by atoms with E-state index in [-0.39, 0.29) is 75.4 Å². The van der Waals surface area contributed by atoms with Crippen LogP contribution in [0.2, 0.25) is 0 Å². The van der Waals surface area contributed by atoms with Crippen LogP contribution in [0.3, 0.4) is 0 Å². The molecule has 1 rings (SSSR count). The molecule has 0 unspecified atom stereocenters. The van der Waals surface area contributed by atoms with Crippen LogP contribution in [-0.4, -0.2) is 36.2 Å². The zero-order chi connectivity index (χ0) is 18.1. The molecule has 1 aliphatic carbocycles. The number of hydrogen-bond acceptors (Lipinski definition) is 5. The Labute approximate surface area is 190 Å². The van der Waals surface area contributed by atoms with Gasteiger partial charge < -0.3 is 20.0 Å². The molecule has 0 aliphatic heterocycles. The maximum absolute atomic E-state index is 11.9. The Morgan fingerprint density at radius 3 is 2.64 bits per heavy atom. The number of nitrogens with one attached hydrogen (secondary N) is 1. The molecule has 9 heteroatoms. The van der Waals surface area contributed by atoms with E-state index in [4.69, 9.17) is 10.3 Å². The maximum Gasteiger partial charge on any atom is 1.00 e. The molecule has 0 saturated carbocycles. The molecule has 25 heavy (non-hydrogen) atoms. The van der Waals surface area contributed by atoms with E-state index < -0.39 is 24.2 Å². The number of nitrogens with zero attached hydrogens (tertiary/aromatic N) is 3. The predicted molar refractivity (Wildman–Crippen MR) is 86.6 cm³/mol. The number of hydrogen-bond donors (Lipinski definition) is 1. The van der Waals surface area contributed by atoms with Gasteiger partial charge in [0.05, 0.1) is 30.3 Å². The molecule has 0 aromatic heterocycles. The molecule has 0 spiro atoms. The fourth-order valence-electron chi connectivity index (χ4n) is 2.64. The van der Waals surface area contributed by atoms with Crippen molar-refractivity contribution in [2.75, 3.05) is 0 Å². The van der Waals surface area contributed by atoms with E-state index >= 15 is 0 Å². The van der Waals surface area contributed by atoms with Crippen LogP contribution in [0.1, 0.15) is 40.0 Å². The molecular formula is C16H23KN4O4. The van der Waals surface area contributed by atoms with E-state index in [0.29, 0.717) is 0 Å². The summed E-state index contributed by atoms with van der Waals surface area (Å²) in [6.07, 6.45) is 5.03. The van der Waals surface area contributed by atoms with Crippen LogP contribution in [0.4, 0.5) is 0 Å². The summed E-state index contributed by atoms with van der Waals surface area (Å²) < 4.78 is 5.95. The van der Waals surface area contributed by atoms with Crippen LogP contribution in [0.25, 0.3) is 10.4 Å². The molecule has 0 fully saturated rings. The number of carboxylic acid groups (broad SMARTS) is 1. The summed E-state index contributed by atoms with van der Waals surface area (Å²) in [6.45, 7) is 5.62. The summed E-state index contributed by atoms with van der Waals surface area (Å²) in [5, 5.41) is 17.6. The van der Waals surface area contributed by atoms with Gasteiger partial charge in [0.15, 0.2) is 0 Å². The SMILES string of the molecule is C/C=C/C(=O)N[C@@H]1[C@@H](N=[N+]=[N-])CC(C(=O)[O-])=C[C@H]1OC(CC)CC.[K+]. The normalized spacial score (nSPS) is 22.7. The van der Waals surface area contributed by atoms with Gasteiger partial charge in [-0.15, -0.1) is 0 Å². The molecule has 0 bridgehead atoms. The van der Waals surface area contributed by atoms with Gasteiger partial charge in [-0.3, -0.25) is 4.79 Å². The second-order valence-electron chi connectivity index (χ2n) is 5.53. The second kappa shape index (κ2) is 12.6. The molecule has 1 amide bonds. The molecule has 1 N–H and O–H groups in total. The zero-order valence-corrected chi connectivity index (χ0v) is 18.3. The summed E-state index contributed by atoms with van der Waals surface area (Å²) in [7, 11) is 0. The van der Waals surface area contributed by atoms with E-state index in [2.05, 4.69) is 15.3 Å². The first-order valence-electron chi connectivity index (χ1n) is 8.01. The third-order valence-corrected chi connectivity index (χ3v) is 3.91. The topological polar surface area (TPSA) is 127 Å².